The first kappa shape index (κ1) is 19.3. The summed E-state index contributed by atoms with van der Waals surface area (Å²) in [6.07, 6.45) is 0.226. The van der Waals surface area contributed by atoms with Crippen LogP contribution < -0.4 is 20.3 Å². The van der Waals surface area contributed by atoms with Crippen LogP contribution in [0.15, 0.2) is 42.5 Å². The molecule has 8 heteroatoms. The van der Waals surface area contributed by atoms with E-state index in [4.69, 9.17) is 27.9 Å². The van der Waals surface area contributed by atoms with E-state index < -0.39 is 6.03 Å². The summed E-state index contributed by atoms with van der Waals surface area (Å²) in [5.74, 6) is 0.700. The lowest BCUT2D eigenvalue weighted by atomic mass is 10.2. The zero-order valence-corrected chi connectivity index (χ0v) is 16.2. The second-order valence-corrected chi connectivity index (χ2v) is 6.82. The molecule has 3 amide bonds. The molecule has 1 unspecified atom stereocenters. The number of hydrogen-bond acceptors (Lipinski definition) is 3. The molecule has 3 rings (SSSR count). The summed E-state index contributed by atoms with van der Waals surface area (Å²) >= 11 is 12.0. The lowest BCUT2D eigenvalue weighted by Gasteiger charge is -2.18. The van der Waals surface area contributed by atoms with Gasteiger partial charge in [-0.1, -0.05) is 29.3 Å². The van der Waals surface area contributed by atoms with E-state index in [1.807, 2.05) is 31.2 Å². The highest BCUT2D eigenvalue weighted by atomic mass is 35.5. The summed E-state index contributed by atoms with van der Waals surface area (Å²) in [5, 5.41) is 6.08. The van der Waals surface area contributed by atoms with Gasteiger partial charge in [-0.15, -0.1) is 0 Å². The van der Waals surface area contributed by atoms with Gasteiger partial charge in [-0.25, -0.2) is 4.79 Å². The third kappa shape index (κ3) is 4.64. The van der Waals surface area contributed by atoms with Crippen LogP contribution in [-0.2, 0) is 4.79 Å². The van der Waals surface area contributed by atoms with Crippen molar-refractivity contribution in [3.8, 4) is 5.75 Å². The van der Waals surface area contributed by atoms with Crippen LogP contribution in [0.2, 0.25) is 10.0 Å². The predicted octanol–water partition coefficient (Wildman–Crippen LogP) is 4.32. The number of urea groups is 1. The van der Waals surface area contributed by atoms with E-state index in [-0.39, 0.29) is 23.4 Å². The van der Waals surface area contributed by atoms with Gasteiger partial charge in [0.2, 0.25) is 5.91 Å². The smallest absolute Gasteiger partial charge is 0.319 e. The topological polar surface area (TPSA) is 70.7 Å². The number of benzene rings is 2. The van der Waals surface area contributed by atoms with Crippen LogP contribution in [0.4, 0.5) is 16.2 Å². The van der Waals surface area contributed by atoms with E-state index in [1.54, 1.807) is 23.1 Å². The van der Waals surface area contributed by atoms with E-state index in [9.17, 15) is 9.59 Å². The van der Waals surface area contributed by atoms with E-state index in [0.717, 1.165) is 11.4 Å². The number of carbonyl (C=O) groups excluding carboxylic acids is 2. The minimum Gasteiger partial charge on any atom is -0.494 e. The Bertz CT molecular complexity index is 843. The third-order valence-electron chi connectivity index (χ3n) is 4.12. The highest BCUT2D eigenvalue weighted by Gasteiger charge is 2.31. The molecule has 0 radical (unpaired) electrons. The second-order valence-electron chi connectivity index (χ2n) is 6.03. The van der Waals surface area contributed by atoms with Crippen LogP contribution in [-0.4, -0.2) is 31.1 Å². The number of ether oxygens (including phenoxy) is 1. The summed E-state index contributed by atoms with van der Waals surface area (Å²) in [6.45, 7) is 2.89. The summed E-state index contributed by atoms with van der Waals surface area (Å²) in [6, 6.07) is 11.5. The van der Waals surface area contributed by atoms with Crippen molar-refractivity contribution in [1.82, 2.24) is 5.32 Å². The van der Waals surface area contributed by atoms with Crippen molar-refractivity contribution in [1.29, 1.82) is 0 Å². The SMILES string of the molecule is CCOc1ccc(N2CC(NC(=O)Nc3cccc(Cl)c3Cl)CC2=O)cc1. The number of anilines is 2. The first-order chi connectivity index (χ1) is 13.0. The van der Waals surface area contributed by atoms with Crippen molar-refractivity contribution in [2.45, 2.75) is 19.4 Å². The van der Waals surface area contributed by atoms with Crippen LogP contribution in [0.25, 0.3) is 0 Å². The average molecular weight is 408 g/mol. The number of nitrogens with zero attached hydrogens (tertiary/aromatic N) is 1. The predicted molar refractivity (Wildman–Crippen MR) is 107 cm³/mol. The fourth-order valence-electron chi connectivity index (χ4n) is 2.89. The maximum Gasteiger partial charge on any atom is 0.319 e. The van der Waals surface area contributed by atoms with Crippen molar-refractivity contribution in [3.05, 3.63) is 52.5 Å². The zero-order chi connectivity index (χ0) is 19.4. The highest BCUT2D eigenvalue weighted by Crippen LogP contribution is 2.29. The molecule has 27 heavy (non-hydrogen) atoms. The molecule has 6 nitrogen and oxygen atoms in total. The van der Waals surface area contributed by atoms with E-state index in [0.29, 0.717) is 23.9 Å². The third-order valence-corrected chi connectivity index (χ3v) is 4.94. The number of halogens is 2. The lowest BCUT2D eigenvalue weighted by Crippen LogP contribution is -2.39. The fraction of sp³-hybridized carbons (Fsp3) is 0.263. The molecule has 1 fully saturated rings. The van der Waals surface area contributed by atoms with Gasteiger partial charge in [0.05, 0.1) is 28.4 Å². The molecular weight excluding hydrogens is 389 g/mol. The van der Waals surface area contributed by atoms with Crippen molar-refractivity contribution in [2.24, 2.45) is 0 Å². The first-order valence-corrected chi connectivity index (χ1v) is 9.28. The molecule has 0 bridgehead atoms. The van der Waals surface area contributed by atoms with E-state index in [1.165, 1.54) is 0 Å². The normalized spacial score (nSPS) is 16.3. The molecule has 1 atom stereocenters. The van der Waals surface area contributed by atoms with E-state index in [2.05, 4.69) is 10.6 Å². The number of nitrogens with one attached hydrogen (secondary N) is 2. The lowest BCUT2D eigenvalue weighted by molar-refractivity contribution is -0.117. The van der Waals surface area contributed by atoms with Gasteiger partial charge in [-0.3, -0.25) is 4.79 Å². The maximum atomic E-state index is 12.3. The number of rotatable bonds is 5. The number of amides is 3. The Labute approximate surface area is 167 Å². The second kappa shape index (κ2) is 8.50. The number of hydrogen-bond donors (Lipinski definition) is 2. The zero-order valence-electron chi connectivity index (χ0n) is 14.7. The van der Waals surface area contributed by atoms with Gasteiger partial charge < -0.3 is 20.3 Å². The Morgan fingerprint density at radius 3 is 2.67 bits per heavy atom. The van der Waals surface area contributed by atoms with Gasteiger partial charge in [-0.05, 0) is 43.3 Å². The minimum absolute atomic E-state index is 0.0507. The molecule has 1 aliphatic heterocycles. The largest absolute Gasteiger partial charge is 0.494 e. The van der Waals surface area contributed by atoms with Crippen molar-refractivity contribution in [3.63, 3.8) is 0 Å². The molecule has 2 aromatic carbocycles. The Balaban J connectivity index is 1.60. The van der Waals surface area contributed by atoms with Gasteiger partial charge in [-0.2, -0.15) is 0 Å². The van der Waals surface area contributed by atoms with Gasteiger partial charge in [0, 0.05) is 18.7 Å². The molecule has 2 aromatic rings. The molecule has 142 valence electrons. The molecule has 1 aliphatic rings. The number of carbonyl (C=O) groups is 2. The van der Waals surface area contributed by atoms with Gasteiger partial charge in [0.25, 0.3) is 0 Å². The van der Waals surface area contributed by atoms with Gasteiger partial charge in [0.1, 0.15) is 5.75 Å². The van der Waals surface area contributed by atoms with Crippen LogP contribution in [0, 0.1) is 0 Å². The molecule has 0 aromatic heterocycles. The van der Waals surface area contributed by atoms with Crippen molar-refractivity contribution < 1.29 is 14.3 Å². The maximum absolute atomic E-state index is 12.3. The Kier molecular flexibility index (Phi) is 6.08. The summed E-state index contributed by atoms with van der Waals surface area (Å²) in [5.41, 5.74) is 1.18. The summed E-state index contributed by atoms with van der Waals surface area (Å²) < 4.78 is 5.41. The molecule has 2 N–H and O–H groups in total. The molecule has 1 saturated heterocycles. The monoisotopic (exact) mass is 407 g/mol. The van der Waals surface area contributed by atoms with Gasteiger partial charge in [0.15, 0.2) is 0 Å². The van der Waals surface area contributed by atoms with Crippen LogP contribution in [0.3, 0.4) is 0 Å². The van der Waals surface area contributed by atoms with Crippen molar-refractivity contribution >= 4 is 46.5 Å². The molecule has 0 aliphatic carbocycles. The summed E-state index contributed by atoms with van der Waals surface area (Å²) in [4.78, 5) is 26.2. The molecule has 0 saturated carbocycles. The van der Waals surface area contributed by atoms with E-state index >= 15 is 0 Å². The quantitative estimate of drug-likeness (QED) is 0.774. The average Bonchev–Trinajstić information content (AvgIpc) is 3.00. The highest BCUT2D eigenvalue weighted by molar-refractivity contribution is 6.43. The Morgan fingerprint density at radius 2 is 1.96 bits per heavy atom. The van der Waals surface area contributed by atoms with Gasteiger partial charge >= 0.3 is 6.03 Å². The minimum atomic E-state index is -0.439. The first-order valence-electron chi connectivity index (χ1n) is 8.52. The molecule has 1 heterocycles. The molecule has 0 spiro atoms. The van der Waals surface area contributed by atoms with Crippen LogP contribution in [0.5, 0.6) is 5.75 Å². The Hall–Kier alpha value is -2.44. The Morgan fingerprint density at radius 1 is 1.22 bits per heavy atom. The summed E-state index contributed by atoms with van der Waals surface area (Å²) in [7, 11) is 0. The standard InChI is InChI=1S/C19H19Cl2N3O3/c1-2-27-14-8-6-13(7-9-14)24-11-12(10-17(24)25)22-19(26)23-16-5-3-4-15(20)18(16)21/h3-9,12H,2,10-11H2,1H3,(H2,22,23,26). The molecular formula is C19H19Cl2N3O3. The van der Waals surface area contributed by atoms with Crippen molar-refractivity contribution in [2.75, 3.05) is 23.4 Å². The van der Waals surface area contributed by atoms with Crippen LogP contribution in [0.1, 0.15) is 13.3 Å². The van der Waals surface area contributed by atoms with Crippen LogP contribution >= 0.6 is 23.2 Å². The fourth-order valence-corrected chi connectivity index (χ4v) is 3.23.